The van der Waals surface area contributed by atoms with Gasteiger partial charge in [0.25, 0.3) is 0 Å². The summed E-state index contributed by atoms with van der Waals surface area (Å²) in [5.74, 6) is 0. The minimum Gasteiger partial charge on any atom is -0.307 e. The Bertz CT molecular complexity index is 260. The van der Waals surface area contributed by atoms with Crippen molar-refractivity contribution in [2.24, 2.45) is 5.73 Å². The Morgan fingerprint density at radius 1 is 1.15 bits per heavy atom. The topological polar surface area (TPSA) is 33.1 Å². The van der Waals surface area contributed by atoms with Gasteiger partial charge in [0.2, 0.25) is 0 Å². The number of nitrogens with two attached hydrogens (primary N) is 1. The van der Waals surface area contributed by atoms with E-state index < -0.39 is 0 Å². The number of nitrogens with zero attached hydrogens (tertiary/aromatic N) is 2. The smallest absolute Gasteiger partial charge is 0.199 e. The molecule has 1 saturated heterocycles. The number of hydrogen-bond donors (Lipinski definition) is 1. The lowest BCUT2D eigenvalue weighted by Gasteiger charge is -2.28. The van der Waals surface area contributed by atoms with Crippen molar-refractivity contribution >= 4 is 0 Å². The largest absolute Gasteiger partial charge is 0.307 e. The minimum absolute atomic E-state index is 0.182. The quantitative estimate of drug-likeness (QED) is 0.631. The van der Waals surface area contributed by atoms with Gasteiger partial charge >= 0.3 is 0 Å². The number of pyridine rings is 1. The maximum atomic E-state index is 6.02. The van der Waals surface area contributed by atoms with E-state index in [2.05, 4.69) is 9.69 Å². The summed E-state index contributed by atoms with van der Waals surface area (Å²) < 4.78 is 2.09. The fourth-order valence-electron chi connectivity index (χ4n) is 1.79. The van der Waals surface area contributed by atoms with Crippen molar-refractivity contribution in [2.75, 3.05) is 11.6 Å². The molecular weight excluding hydrogens is 162 g/mol. The van der Waals surface area contributed by atoms with Gasteiger partial charge in [-0.25, -0.2) is 0 Å². The average molecular weight is 178 g/mol. The van der Waals surface area contributed by atoms with E-state index >= 15 is 0 Å². The molecule has 0 amide bonds. The monoisotopic (exact) mass is 178 g/mol. The second-order valence-corrected chi connectivity index (χ2v) is 3.48. The summed E-state index contributed by atoms with van der Waals surface area (Å²) in [6, 6.07) is 6.08. The summed E-state index contributed by atoms with van der Waals surface area (Å²) >= 11 is 0. The molecule has 1 aromatic rings. The third-order valence-electron chi connectivity index (χ3n) is 2.52. The Kier molecular flexibility index (Phi) is 2.45. The minimum atomic E-state index is 0.182. The standard InChI is InChI=1S/C10H16N3/c11-10-6-2-5-9-13(10)12-7-3-1-4-8-12/h1,3-4,7-8,10H,2,5-6,9,11H2/q+1. The third-order valence-corrected chi connectivity index (χ3v) is 2.52. The maximum absolute atomic E-state index is 6.02. The van der Waals surface area contributed by atoms with Crippen LogP contribution in [0.15, 0.2) is 30.6 Å². The third kappa shape index (κ3) is 1.80. The van der Waals surface area contributed by atoms with Crippen LogP contribution >= 0.6 is 0 Å². The zero-order chi connectivity index (χ0) is 9.10. The molecule has 0 saturated carbocycles. The lowest BCUT2D eigenvalue weighted by Crippen LogP contribution is -2.66. The Morgan fingerprint density at radius 2 is 1.92 bits per heavy atom. The van der Waals surface area contributed by atoms with Gasteiger partial charge in [0, 0.05) is 12.1 Å². The highest BCUT2D eigenvalue weighted by Crippen LogP contribution is 2.08. The first-order valence-electron chi connectivity index (χ1n) is 4.87. The molecule has 70 valence electrons. The van der Waals surface area contributed by atoms with E-state index in [-0.39, 0.29) is 6.17 Å². The SMILES string of the molecule is NC1CCCCN1[n+]1ccccc1. The fourth-order valence-corrected chi connectivity index (χ4v) is 1.79. The van der Waals surface area contributed by atoms with Crippen molar-refractivity contribution < 1.29 is 4.68 Å². The summed E-state index contributed by atoms with van der Waals surface area (Å²) in [4.78, 5) is 0. The van der Waals surface area contributed by atoms with Gasteiger partial charge in [-0.15, -0.1) is 0 Å². The molecular formula is C10H16N3+. The molecule has 1 aromatic heterocycles. The van der Waals surface area contributed by atoms with E-state index in [1.165, 1.54) is 12.8 Å². The van der Waals surface area contributed by atoms with Crippen molar-refractivity contribution in [1.82, 2.24) is 0 Å². The molecule has 1 atom stereocenters. The second kappa shape index (κ2) is 3.75. The first kappa shape index (κ1) is 8.51. The average Bonchev–Trinajstić information content (AvgIpc) is 2.20. The summed E-state index contributed by atoms with van der Waals surface area (Å²) in [6.45, 7) is 1.07. The zero-order valence-corrected chi connectivity index (χ0v) is 7.76. The van der Waals surface area contributed by atoms with Crippen LogP contribution in [0.5, 0.6) is 0 Å². The maximum Gasteiger partial charge on any atom is 0.199 e. The summed E-state index contributed by atoms with van der Waals surface area (Å²) in [6.07, 6.45) is 7.87. The molecule has 2 N–H and O–H groups in total. The van der Waals surface area contributed by atoms with E-state index in [0.717, 1.165) is 13.0 Å². The van der Waals surface area contributed by atoms with Gasteiger partial charge in [-0.3, -0.25) is 0 Å². The molecule has 0 radical (unpaired) electrons. The van der Waals surface area contributed by atoms with E-state index in [9.17, 15) is 0 Å². The number of aromatic nitrogens is 1. The lowest BCUT2D eigenvalue weighted by molar-refractivity contribution is -0.698. The lowest BCUT2D eigenvalue weighted by atomic mass is 10.1. The number of piperidine rings is 1. The molecule has 0 aromatic carbocycles. The van der Waals surface area contributed by atoms with Gasteiger partial charge in [0.15, 0.2) is 12.4 Å². The molecule has 2 rings (SSSR count). The Morgan fingerprint density at radius 3 is 2.62 bits per heavy atom. The van der Waals surface area contributed by atoms with Crippen molar-refractivity contribution in [3.8, 4) is 0 Å². The molecule has 1 aliphatic heterocycles. The first-order chi connectivity index (χ1) is 6.38. The molecule has 0 bridgehead atoms. The van der Waals surface area contributed by atoms with Crippen LogP contribution in [0.4, 0.5) is 0 Å². The second-order valence-electron chi connectivity index (χ2n) is 3.48. The van der Waals surface area contributed by atoms with Crippen LogP contribution in [0.3, 0.4) is 0 Å². The van der Waals surface area contributed by atoms with Crippen molar-refractivity contribution in [2.45, 2.75) is 25.4 Å². The van der Waals surface area contributed by atoms with E-state index in [0.29, 0.717) is 0 Å². The zero-order valence-electron chi connectivity index (χ0n) is 7.76. The van der Waals surface area contributed by atoms with Crippen LogP contribution < -0.4 is 15.4 Å². The summed E-state index contributed by atoms with van der Waals surface area (Å²) in [5.41, 5.74) is 6.02. The summed E-state index contributed by atoms with van der Waals surface area (Å²) in [7, 11) is 0. The van der Waals surface area contributed by atoms with Gasteiger partial charge < -0.3 is 5.73 Å². The van der Waals surface area contributed by atoms with Crippen molar-refractivity contribution in [1.29, 1.82) is 0 Å². The Balaban J connectivity index is 2.15. The van der Waals surface area contributed by atoms with Gasteiger partial charge in [0.05, 0.1) is 6.54 Å². The van der Waals surface area contributed by atoms with Gasteiger partial charge in [-0.2, -0.15) is 5.01 Å². The molecule has 0 aliphatic carbocycles. The van der Waals surface area contributed by atoms with Crippen LogP contribution in [-0.2, 0) is 0 Å². The van der Waals surface area contributed by atoms with Crippen LogP contribution in [0, 0.1) is 0 Å². The van der Waals surface area contributed by atoms with Crippen LogP contribution in [0.25, 0.3) is 0 Å². The summed E-state index contributed by atoms with van der Waals surface area (Å²) in [5, 5.41) is 2.21. The molecule has 2 heterocycles. The highest BCUT2D eigenvalue weighted by atomic mass is 15.6. The van der Waals surface area contributed by atoms with E-state index in [1.54, 1.807) is 0 Å². The molecule has 13 heavy (non-hydrogen) atoms. The Hall–Kier alpha value is -1.09. The van der Waals surface area contributed by atoms with Gasteiger partial charge in [-0.1, -0.05) is 10.7 Å². The van der Waals surface area contributed by atoms with Crippen LogP contribution in [-0.4, -0.2) is 12.7 Å². The molecule has 1 aliphatic rings. The molecule has 3 heteroatoms. The first-order valence-corrected chi connectivity index (χ1v) is 4.87. The predicted octanol–water partition coefficient (Wildman–Crippen LogP) is 0.381. The Labute approximate surface area is 78.7 Å². The molecule has 0 spiro atoms. The molecule has 1 fully saturated rings. The predicted molar refractivity (Wildman–Crippen MR) is 51.5 cm³/mol. The normalized spacial score (nSPS) is 23.2. The number of rotatable bonds is 1. The van der Waals surface area contributed by atoms with Crippen LogP contribution in [0.2, 0.25) is 0 Å². The van der Waals surface area contributed by atoms with Crippen LogP contribution in [0.1, 0.15) is 19.3 Å². The highest BCUT2D eigenvalue weighted by Gasteiger charge is 2.23. The fraction of sp³-hybridized carbons (Fsp3) is 0.500. The van der Waals surface area contributed by atoms with Gasteiger partial charge in [-0.05, 0) is 19.3 Å². The van der Waals surface area contributed by atoms with Gasteiger partial charge in [0.1, 0.15) is 6.17 Å². The molecule has 3 nitrogen and oxygen atoms in total. The van der Waals surface area contributed by atoms with E-state index in [1.807, 2.05) is 30.6 Å². The number of hydrogen-bond acceptors (Lipinski definition) is 2. The van der Waals surface area contributed by atoms with E-state index in [4.69, 9.17) is 5.73 Å². The molecule has 1 unspecified atom stereocenters. The van der Waals surface area contributed by atoms with Crippen molar-refractivity contribution in [3.63, 3.8) is 0 Å². The van der Waals surface area contributed by atoms with Crippen molar-refractivity contribution in [3.05, 3.63) is 30.6 Å². The highest BCUT2D eigenvalue weighted by molar-refractivity contribution is 4.88.